The molecule has 21 heavy (non-hydrogen) atoms. The number of pyridine rings is 2. The molecule has 0 atom stereocenters. The van der Waals surface area contributed by atoms with Crippen LogP contribution < -0.4 is 16.0 Å². The van der Waals surface area contributed by atoms with Gasteiger partial charge >= 0.3 is 0 Å². The first-order valence-corrected chi connectivity index (χ1v) is 6.66. The van der Waals surface area contributed by atoms with Gasteiger partial charge in [0, 0.05) is 33.0 Å². The molecule has 0 aliphatic heterocycles. The third-order valence-corrected chi connectivity index (χ3v) is 3.14. The van der Waals surface area contributed by atoms with Gasteiger partial charge in [-0.3, -0.25) is 4.79 Å². The highest BCUT2D eigenvalue weighted by Gasteiger charge is 2.07. The minimum atomic E-state index is -0.556. The Morgan fingerprint density at radius 2 is 2.10 bits per heavy atom. The van der Waals surface area contributed by atoms with Gasteiger partial charge in [0.05, 0.1) is 10.6 Å². The lowest BCUT2D eigenvalue weighted by molar-refractivity contribution is 0.1000. The van der Waals surface area contributed by atoms with E-state index in [0.29, 0.717) is 17.4 Å². The largest absolute Gasteiger partial charge is 0.366 e. The van der Waals surface area contributed by atoms with Gasteiger partial charge < -0.3 is 16.0 Å². The fourth-order valence-electron chi connectivity index (χ4n) is 1.67. The van der Waals surface area contributed by atoms with Crippen LogP contribution in [0.1, 0.15) is 15.9 Å². The van der Waals surface area contributed by atoms with Crippen LogP contribution in [0.15, 0.2) is 30.6 Å². The molecular weight excluding hydrogens is 290 g/mol. The first-order chi connectivity index (χ1) is 9.97. The summed E-state index contributed by atoms with van der Waals surface area (Å²) in [5, 5.41) is 3.45. The lowest BCUT2D eigenvalue weighted by atomic mass is 10.2. The molecule has 3 N–H and O–H groups in total. The topological polar surface area (TPSA) is 84.1 Å². The van der Waals surface area contributed by atoms with Crippen LogP contribution in [-0.2, 0) is 6.54 Å². The number of rotatable bonds is 5. The molecule has 110 valence electrons. The molecule has 1 amide bonds. The van der Waals surface area contributed by atoms with E-state index in [1.807, 2.05) is 31.1 Å². The van der Waals surface area contributed by atoms with Crippen LogP contribution in [0.25, 0.3) is 0 Å². The Hall–Kier alpha value is -2.34. The summed E-state index contributed by atoms with van der Waals surface area (Å²) in [6, 6.07) is 5.40. The van der Waals surface area contributed by atoms with E-state index < -0.39 is 5.91 Å². The zero-order chi connectivity index (χ0) is 15.4. The predicted molar refractivity (Wildman–Crippen MR) is 83.7 cm³/mol. The smallest absolute Gasteiger partial charge is 0.250 e. The van der Waals surface area contributed by atoms with Crippen LogP contribution in [0.4, 0.5) is 11.6 Å². The van der Waals surface area contributed by atoms with Gasteiger partial charge in [0.15, 0.2) is 0 Å². The van der Waals surface area contributed by atoms with Crippen molar-refractivity contribution in [1.82, 2.24) is 9.97 Å². The summed E-state index contributed by atoms with van der Waals surface area (Å²) in [5.41, 5.74) is 6.44. The molecule has 0 aliphatic rings. The van der Waals surface area contributed by atoms with Crippen molar-refractivity contribution in [2.75, 3.05) is 24.3 Å². The summed E-state index contributed by atoms with van der Waals surface area (Å²) in [7, 11) is 3.87. The number of hydrogen-bond donors (Lipinski definition) is 2. The number of primary amides is 1. The van der Waals surface area contributed by atoms with Crippen LogP contribution in [0.3, 0.4) is 0 Å². The normalized spacial score (nSPS) is 10.2. The summed E-state index contributed by atoms with van der Waals surface area (Å²) in [6.45, 7) is 0.531. The third kappa shape index (κ3) is 3.82. The number of amides is 1. The van der Waals surface area contributed by atoms with Crippen LogP contribution in [-0.4, -0.2) is 30.0 Å². The highest BCUT2D eigenvalue weighted by atomic mass is 35.5. The average Bonchev–Trinajstić information content (AvgIpc) is 2.46. The second-order valence-corrected chi connectivity index (χ2v) is 5.10. The van der Waals surface area contributed by atoms with Crippen LogP contribution >= 0.6 is 11.6 Å². The summed E-state index contributed by atoms with van der Waals surface area (Å²) >= 11 is 6.05. The molecule has 0 fully saturated rings. The molecule has 0 bridgehead atoms. The Bertz CT molecular complexity index is 642. The number of anilines is 2. The zero-order valence-corrected chi connectivity index (χ0v) is 12.6. The fourth-order valence-corrected chi connectivity index (χ4v) is 1.91. The van der Waals surface area contributed by atoms with E-state index in [1.165, 1.54) is 12.3 Å². The van der Waals surface area contributed by atoms with E-state index >= 15 is 0 Å². The molecule has 0 aliphatic carbocycles. The van der Waals surface area contributed by atoms with Gasteiger partial charge in [0.2, 0.25) is 5.91 Å². The van der Waals surface area contributed by atoms with E-state index in [4.69, 9.17) is 17.3 Å². The Balaban J connectivity index is 2.04. The average molecular weight is 306 g/mol. The number of carbonyl (C=O) groups is 1. The van der Waals surface area contributed by atoms with Crippen LogP contribution in [0, 0.1) is 0 Å². The highest BCUT2D eigenvalue weighted by Crippen LogP contribution is 2.20. The van der Waals surface area contributed by atoms with Gasteiger partial charge in [-0.1, -0.05) is 17.7 Å². The van der Waals surface area contributed by atoms with Gasteiger partial charge in [0.1, 0.15) is 11.6 Å². The molecule has 7 heteroatoms. The summed E-state index contributed by atoms with van der Waals surface area (Å²) in [4.78, 5) is 21.4. The van der Waals surface area contributed by atoms with E-state index in [1.54, 1.807) is 6.20 Å². The first-order valence-electron chi connectivity index (χ1n) is 6.29. The lowest BCUT2D eigenvalue weighted by Gasteiger charge is -2.12. The molecular formula is C14H16ClN5O. The zero-order valence-electron chi connectivity index (χ0n) is 11.8. The molecule has 6 nitrogen and oxygen atoms in total. The van der Waals surface area contributed by atoms with Crippen LogP contribution in [0.5, 0.6) is 0 Å². The Kier molecular flexibility index (Phi) is 4.59. The van der Waals surface area contributed by atoms with Gasteiger partial charge in [-0.05, 0) is 17.7 Å². The van der Waals surface area contributed by atoms with Crippen molar-refractivity contribution >= 4 is 29.1 Å². The minimum Gasteiger partial charge on any atom is -0.366 e. The number of halogens is 1. The van der Waals surface area contributed by atoms with Crippen molar-refractivity contribution in [3.8, 4) is 0 Å². The van der Waals surface area contributed by atoms with E-state index in [9.17, 15) is 4.79 Å². The molecule has 0 spiro atoms. The second-order valence-electron chi connectivity index (χ2n) is 4.69. The molecule has 2 heterocycles. The second kappa shape index (κ2) is 6.41. The molecule has 0 aromatic carbocycles. The molecule has 2 rings (SSSR count). The molecule has 0 saturated carbocycles. The molecule has 0 unspecified atom stereocenters. The summed E-state index contributed by atoms with van der Waals surface area (Å²) < 4.78 is 0. The summed E-state index contributed by atoms with van der Waals surface area (Å²) in [5.74, 6) is 0.832. The maximum atomic E-state index is 11.0. The maximum absolute atomic E-state index is 11.0. The van der Waals surface area contributed by atoms with Crippen molar-refractivity contribution < 1.29 is 4.79 Å². The molecule has 2 aromatic heterocycles. The fraction of sp³-hybridized carbons (Fsp3) is 0.214. The number of aromatic nitrogens is 2. The standard InChI is InChI=1S/C14H16ClN5O/c1-20(2)12-4-3-9(6-17-12)7-18-14-11(15)5-10(8-19-14)13(16)21/h3-6,8H,7H2,1-2H3,(H2,16,21)(H,18,19). The molecule has 0 saturated heterocycles. The Labute approximate surface area is 128 Å². The first kappa shape index (κ1) is 15.1. The highest BCUT2D eigenvalue weighted by molar-refractivity contribution is 6.33. The van der Waals surface area contributed by atoms with Crippen molar-refractivity contribution in [1.29, 1.82) is 0 Å². The van der Waals surface area contributed by atoms with Crippen molar-refractivity contribution in [3.63, 3.8) is 0 Å². The minimum absolute atomic E-state index is 0.280. The SMILES string of the molecule is CN(C)c1ccc(CNc2ncc(C(N)=O)cc2Cl)cn1. The van der Waals surface area contributed by atoms with E-state index in [2.05, 4.69) is 15.3 Å². The van der Waals surface area contributed by atoms with Crippen molar-refractivity contribution in [2.24, 2.45) is 5.73 Å². The monoisotopic (exact) mass is 305 g/mol. The Morgan fingerprint density at radius 1 is 1.33 bits per heavy atom. The lowest BCUT2D eigenvalue weighted by Crippen LogP contribution is -2.12. The quantitative estimate of drug-likeness (QED) is 0.881. The number of nitrogens with two attached hydrogens (primary N) is 1. The van der Waals surface area contributed by atoms with Crippen LogP contribution in [0.2, 0.25) is 5.02 Å². The number of hydrogen-bond acceptors (Lipinski definition) is 5. The summed E-state index contributed by atoms with van der Waals surface area (Å²) in [6.07, 6.45) is 3.18. The van der Waals surface area contributed by atoms with Crippen molar-refractivity contribution in [3.05, 3.63) is 46.7 Å². The number of nitrogens with one attached hydrogen (secondary N) is 1. The Morgan fingerprint density at radius 3 is 2.62 bits per heavy atom. The predicted octanol–water partition coefficient (Wildman–Crippen LogP) is 1.91. The van der Waals surface area contributed by atoms with Crippen molar-refractivity contribution in [2.45, 2.75) is 6.54 Å². The van der Waals surface area contributed by atoms with Gasteiger partial charge in [0.25, 0.3) is 0 Å². The molecule has 2 aromatic rings. The number of nitrogens with zero attached hydrogens (tertiary/aromatic N) is 3. The van der Waals surface area contributed by atoms with Gasteiger partial charge in [-0.2, -0.15) is 0 Å². The number of carbonyl (C=O) groups excluding carboxylic acids is 1. The van der Waals surface area contributed by atoms with E-state index in [-0.39, 0.29) is 5.56 Å². The van der Waals surface area contributed by atoms with Gasteiger partial charge in [-0.15, -0.1) is 0 Å². The van der Waals surface area contributed by atoms with Gasteiger partial charge in [-0.25, -0.2) is 9.97 Å². The third-order valence-electron chi connectivity index (χ3n) is 2.85. The molecule has 0 radical (unpaired) electrons. The maximum Gasteiger partial charge on any atom is 0.250 e. The van der Waals surface area contributed by atoms with E-state index in [0.717, 1.165) is 11.4 Å².